The summed E-state index contributed by atoms with van der Waals surface area (Å²) in [4.78, 5) is 23.1. The summed E-state index contributed by atoms with van der Waals surface area (Å²) in [6.07, 6.45) is 4.23. The highest BCUT2D eigenvalue weighted by Crippen LogP contribution is 2.32. The predicted octanol–water partition coefficient (Wildman–Crippen LogP) is 2.92. The van der Waals surface area contributed by atoms with E-state index in [1.54, 1.807) is 11.1 Å². The van der Waals surface area contributed by atoms with Gasteiger partial charge in [0.25, 0.3) is 0 Å². The van der Waals surface area contributed by atoms with Crippen LogP contribution in [0.4, 0.5) is 10.6 Å². The largest absolute Gasteiger partial charge is 0.459 e. The topological polar surface area (TPSA) is 114 Å². The summed E-state index contributed by atoms with van der Waals surface area (Å²) in [5.41, 5.74) is 0.265. The number of likely N-dealkylation sites (tertiary alicyclic amines) is 1. The molecule has 10 nitrogen and oxygen atoms in total. The van der Waals surface area contributed by atoms with Crippen molar-refractivity contribution in [3.8, 4) is 6.01 Å². The highest BCUT2D eigenvalue weighted by molar-refractivity contribution is 6.89. The number of rotatable bonds is 9. The number of aliphatic hydroxyl groups excluding tert-OH is 1. The molecular formula is C23H37B2N6O4. The molecule has 0 bridgehead atoms. The summed E-state index contributed by atoms with van der Waals surface area (Å²) >= 11 is 0. The molecule has 1 amide bonds. The standard InChI is InChI=1S/C23H37B2N6O4/c1-6-8-15(2)34-21-28-19(27-14-25-24)20-26-13-17(31(20)29-21)18(32)16-9-7-11-30(12-10-16)22(33)35-23(3,4)5/h13,15-16,18,32H,6-12,14H2,1-5H3,(H,27,28,29)/t15-,16?,18?/m0/s1/i/hD. The van der Waals surface area contributed by atoms with Gasteiger partial charge in [-0.15, -0.1) is 5.10 Å². The van der Waals surface area contributed by atoms with E-state index in [0.29, 0.717) is 30.9 Å². The molecule has 0 aromatic carbocycles. The smallest absolute Gasteiger partial charge is 0.410 e. The molecule has 0 aliphatic carbocycles. The zero-order valence-corrected chi connectivity index (χ0v) is 21.5. The molecule has 3 radical (unpaired) electrons. The van der Waals surface area contributed by atoms with E-state index in [2.05, 4.69) is 22.0 Å². The van der Waals surface area contributed by atoms with E-state index in [1.807, 2.05) is 27.7 Å². The molecule has 2 aromatic heterocycles. The number of aromatic nitrogens is 4. The van der Waals surface area contributed by atoms with E-state index in [9.17, 15) is 9.90 Å². The van der Waals surface area contributed by atoms with Gasteiger partial charge >= 0.3 is 12.1 Å². The number of carbonyl (C=O) groups excluding carboxylic acids is 1. The zero-order chi connectivity index (χ0) is 26.5. The highest BCUT2D eigenvalue weighted by atomic mass is 16.6. The van der Waals surface area contributed by atoms with Crippen LogP contribution >= 0.6 is 0 Å². The minimum atomic E-state index is -0.873. The average molecular weight is 484 g/mol. The number of nitrogens with zero attached hydrogens (tertiary/aromatic N) is 5. The molecule has 1 aliphatic heterocycles. The first-order valence-corrected chi connectivity index (χ1v) is 12.4. The Hall–Kier alpha value is -2.49. The lowest BCUT2D eigenvalue weighted by Crippen LogP contribution is -2.37. The molecule has 3 rings (SSSR count). The fourth-order valence-electron chi connectivity index (χ4n) is 4.20. The van der Waals surface area contributed by atoms with Gasteiger partial charge in [-0.1, -0.05) is 13.3 Å². The van der Waals surface area contributed by atoms with Crippen LogP contribution in [0.2, 0.25) is 1.41 Å². The Morgan fingerprint density at radius 1 is 1.43 bits per heavy atom. The molecule has 3 heterocycles. The molecule has 2 aromatic rings. The molecule has 2 N–H and O–H groups in total. The first-order valence-electron chi connectivity index (χ1n) is 12.9. The summed E-state index contributed by atoms with van der Waals surface area (Å²) in [6.45, 7) is 10.6. The van der Waals surface area contributed by atoms with Crippen LogP contribution in [0.25, 0.3) is 5.65 Å². The van der Waals surface area contributed by atoms with Crippen molar-refractivity contribution >= 4 is 32.5 Å². The Kier molecular flexibility index (Phi) is 8.75. The fourth-order valence-corrected chi connectivity index (χ4v) is 4.20. The van der Waals surface area contributed by atoms with Crippen molar-refractivity contribution in [2.75, 3.05) is 24.8 Å². The summed E-state index contributed by atoms with van der Waals surface area (Å²) < 4.78 is 21.3. The minimum absolute atomic E-state index is 0.108. The van der Waals surface area contributed by atoms with Crippen molar-refractivity contribution in [2.45, 2.75) is 84.5 Å². The van der Waals surface area contributed by atoms with Gasteiger partial charge in [-0.3, -0.25) is 0 Å². The van der Waals surface area contributed by atoms with Gasteiger partial charge in [0, 0.05) is 20.8 Å². The average Bonchev–Trinajstić information content (AvgIpc) is 3.05. The molecule has 35 heavy (non-hydrogen) atoms. The van der Waals surface area contributed by atoms with Crippen LogP contribution in [0.1, 0.15) is 78.5 Å². The lowest BCUT2D eigenvalue weighted by atomic mass is 9.56. The molecule has 1 fully saturated rings. The number of ether oxygens (including phenoxy) is 2. The van der Waals surface area contributed by atoms with Gasteiger partial charge in [0.15, 0.2) is 12.9 Å². The van der Waals surface area contributed by atoms with Crippen molar-refractivity contribution in [2.24, 2.45) is 5.92 Å². The normalized spacial score (nSPS) is 19.0. The number of nitrogens with one attached hydrogen (secondary N) is 1. The first-order chi connectivity index (χ1) is 17.0. The second-order valence-electron chi connectivity index (χ2n) is 10.0. The molecule has 2 unspecified atom stereocenters. The van der Waals surface area contributed by atoms with Gasteiger partial charge in [0.2, 0.25) is 0 Å². The summed E-state index contributed by atoms with van der Waals surface area (Å²) in [7, 11) is 6.89. The third kappa shape index (κ3) is 7.25. The monoisotopic (exact) mass is 484 g/mol. The number of fused-ring (bicyclic) bond motifs is 1. The van der Waals surface area contributed by atoms with E-state index in [1.165, 1.54) is 11.7 Å². The van der Waals surface area contributed by atoms with Crippen LogP contribution in [-0.2, 0) is 4.74 Å². The minimum Gasteiger partial charge on any atom is -0.459 e. The number of hydrogen-bond acceptors (Lipinski definition) is 8. The third-order valence-corrected chi connectivity index (χ3v) is 5.87. The van der Waals surface area contributed by atoms with Crippen LogP contribution in [0.15, 0.2) is 6.20 Å². The Bertz CT molecular complexity index is 1020. The number of hydrogen-bond donors (Lipinski definition) is 2. The molecule has 1 saturated heterocycles. The maximum Gasteiger partial charge on any atom is 0.410 e. The molecule has 3 atom stereocenters. The van der Waals surface area contributed by atoms with Gasteiger partial charge in [-0.2, -0.15) is 4.98 Å². The van der Waals surface area contributed by atoms with Crippen molar-refractivity contribution in [1.82, 2.24) is 24.5 Å². The van der Waals surface area contributed by atoms with E-state index < -0.39 is 11.7 Å². The number of amides is 1. The van der Waals surface area contributed by atoms with Crippen LogP contribution in [0.5, 0.6) is 6.01 Å². The van der Waals surface area contributed by atoms with Gasteiger partial charge in [0.05, 0.1) is 25.2 Å². The molecule has 0 saturated carbocycles. The molecule has 189 valence electrons. The summed E-state index contributed by atoms with van der Waals surface area (Å²) in [5, 5.41) is 17.0. The van der Waals surface area contributed by atoms with Crippen molar-refractivity contribution < 1.29 is 20.8 Å². The lowest BCUT2D eigenvalue weighted by molar-refractivity contribution is 0.0246. The van der Waals surface area contributed by atoms with Crippen molar-refractivity contribution in [1.29, 1.82) is 0 Å². The highest BCUT2D eigenvalue weighted by Gasteiger charge is 2.31. The van der Waals surface area contributed by atoms with E-state index in [-0.39, 0.29) is 36.4 Å². The first kappa shape index (κ1) is 25.6. The van der Waals surface area contributed by atoms with Crippen LogP contribution in [-0.4, -0.2) is 81.8 Å². The van der Waals surface area contributed by atoms with Gasteiger partial charge < -0.3 is 24.8 Å². The molecule has 12 heteroatoms. The maximum atomic E-state index is 12.5. The maximum absolute atomic E-state index is 12.5. The number of anilines is 1. The van der Waals surface area contributed by atoms with E-state index in [0.717, 1.165) is 31.0 Å². The van der Waals surface area contributed by atoms with Gasteiger partial charge in [0.1, 0.15) is 11.7 Å². The van der Waals surface area contributed by atoms with Crippen molar-refractivity contribution in [3.05, 3.63) is 11.9 Å². The lowest BCUT2D eigenvalue weighted by Gasteiger charge is -2.26. The Labute approximate surface area is 211 Å². The van der Waals surface area contributed by atoms with Crippen LogP contribution in [0.3, 0.4) is 0 Å². The van der Waals surface area contributed by atoms with Gasteiger partial charge in [-0.25, -0.2) is 14.3 Å². The second-order valence-corrected chi connectivity index (χ2v) is 10.0. The molecule has 0 spiro atoms. The molecule has 1 aliphatic rings. The quantitative estimate of drug-likeness (QED) is 0.523. The van der Waals surface area contributed by atoms with Crippen molar-refractivity contribution in [3.63, 3.8) is 0 Å². The Morgan fingerprint density at radius 3 is 2.89 bits per heavy atom. The van der Waals surface area contributed by atoms with Crippen LogP contribution < -0.4 is 10.0 Å². The summed E-state index contributed by atoms with van der Waals surface area (Å²) in [6, 6.07) is 0.108. The number of imidazole rings is 1. The van der Waals surface area contributed by atoms with Gasteiger partial charge in [-0.05, 0) is 65.7 Å². The Balaban J connectivity index is 1.86. The van der Waals surface area contributed by atoms with Crippen LogP contribution in [0, 0.1) is 5.92 Å². The van der Waals surface area contributed by atoms with E-state index in [4.69, 9.17) is 18.6 Å². The summed E-state index contributed by atoms with van der Waals surface area (Å²) in [5.74, 6) is 0.129. The Morgan fingerprint density at radius 2 is 2.20 bits per heavy atom. The van der Waals surface area contributed by atoms with E-state index >= 15 is 0 Å². The fraction of sp³-hybridized carbons (Fsp3) is 0.739. The number of carbonyl (C=O) groups is 1. The predicted molar refractivity (Wildman–Crippen MR) is 136 cm³/mol. The zero-order valence-electron chi connectivity index (χ0n) is 22.5. The SMILES string of the molecule is [2H]N(C[B][B])c1nc(O[C@@H](C)CCC)nn2c(C(O)C3CCCN(C(=O)OC(C)(C)C)CC3)cnc12. The second kappa shape index (κ2) is 12.0. The molecular weight excluding hydrogens is 446 g/mol. The number of aliphatic hydroxyl groups is 1. The third-order valence-electron chi connectivity index (χ3n) is 5.87.